The van der Waals surface area contributed by atoms with Crippen molar-refractivity contribution in [3.8, 4) is 0 Å². The molecule has 0 aromatic rings. The third-order valence-corrected chi connectivity index (χ3v) is 8.47. The summed E-state index contributed by atoms with van der Waals surface area (Å²) in [5, 5.41) is 40.2. The fourth-order valence-electron chi connectivity index (χ4n) is 6.30. The Hall–Kier alpha value is -0.280. The van der Waals surface area contributed by atoms with Gasteiger partial charge in [-0.2, -0.15) is 0 Å². The van der Waals surface area contributed by atoms with Crippen molar-refractivity contribution >= 4 is 0 Å². The molecule has 4 aliphatic rings. The van der Waals surface area contributed by atoms with E-state index in [0.717, 1.165) is 51.2 Å². The second kappa shape index (κ2) is 8.34. The first-order chi connectivity index (χ1) is 13.7. The minimum Gasteiger partial charge on any atom is -0.390 e. The molecule has 3 heterocycles. The van der Waals surface area contributed by atoms with Crippen LogP contribution in [-0.4, -0.2) is 75.8 Å². The molecule has 4 fully saturated rings. The quantitative estimate of drug-likeness (QED) is 0.468. The maximum Gasteiger partial charge on any atom is 0.141 e. The maximum atomic E-state index is 11.1. The summed E-state index contributed by atoms with van der Waals surface area (Å²) in [4.78, 5) is 2.16. The van der Waals surface area contributed by atoms with Crippen LogP contribution in [0.15, 0.2) is 0 Å². The Bertz CT molecular complexity index is 566. The number of hydrogen-bond acceptors (Lipinski definition) is 7. The first-order valence-corrected chi connectivity index (χ1v) is 11.7. The fourth-order valence-corrected chi connectivity index (χ4v) is 6.30. The average Bonchev–Trinajstić information content (AvgIpc) is 3.22. The molecule has 3 aliphatic heterocycles. The summed E-state index contributed by atoms with van der Waals surface area (Å²) in [6, 6.07) is 0.405. The van der Waals surface area contributed by atoms with Gasteiger partial charge in [0, 0.05) is 25.2 Å². The van der Waals surface area contributed by atoms with Crippen LogP contribution in [0, 0.1) is 23.7 Å². The van der Waals surface area contributed by atoms with Crippen molar-refractivity contribution in [3.05, 3.63) is 0 Å². The largest absolute Gasteiger partial charge is 0.390 e. The lowest BCUT2D eigenvalue weighted by atomic mass is 9.73. The van der Waals surface area contributed by atoms with Crippen molar-refractivity contribution in [2.45, 2.75) is 102 Å². The minimum atomic E-state index is -1.46. The van der Waals surface area contributed by atoms with E-state index in [1.165, 1.54) is 0 Å². The van der Waals surface area contributed by atoms with Crippen molar-refractivity contribution in [2.75, 3.05) is 13.2 Å². The number of aliphatic hydroxyl groups excluding tert-OH is 2. The number of nitrogens with zero attached hydrogens (tertiary/aromatic N) is 1. The highest BCUT2D eigenvalue weighted by molar-refractivity contribution is 5.07. The van der Waals surface area contributed by atoms with Crippen molar-refractivity contribution < 1.29 is 20.1 Å². The smallest absolute Gasteiger partial charge is 0.141 e. The molecule has 168 valence electrons. The van der Waals surface area contributed by atoms with E-state index in [4.69, 9.17) is 4.74 Å². The van der Waals surface area contributed by atoms with Gasteiger partial charge in [0.25, 0.3) is 0 Å². The molecular formula is C22H41N3O4. The van der Waals surface area contributed by atoms with Gasteiger partial charge in [0.15, 0.2) is 0 Å². The lowest BCUT2D eigenvalue weighted by Crippen LogP contribution is -2.62. The highest BCUT2D eigenvalue weighted by Crippen LogP contribution is 2.43. The topological polar surface area (TPSA) is 97.2 Å². The fraction of sp³-hybridized carbons (Fsp3) is 1.00. The highest BCUT2D eigenvalue weighted by atomic mass is 16.6. The predicted molar refractivity (Wildman–Crippen MR) is 111 cm³/mol. The standard InChI is InChI=1S/C22H41N3O4/c1-12(2)14-5-7-15(8-6-14)17(26)19-22(4,28)18(27)21(29-19)25-10-9-16-13(3)23-11-24-20(16)25/h12-21,23-24,26-28H,5-11H2,1-4H3/t13?,14?,15?,16?,17-,18+,19?,20?,21?,22+/m1/s1. The van der Waals surface area contributed by atoms with E-state index in [1.807, 2.05) is 0 Å². The molecule has 7 nitrogen and oxygen atoms in total. The van der Waals surface area contributed by atoms with E-state index in [-0.39, 0.29) is 12.1 Å². The van der Waals surface area contributed by atoms with Gasteiger partial charge in [0.05, 0.1) is 12.3 Å². The number of likely N-dealkylation sites (tertiary alicyclic amines) is 1. The van der Waals surface area contributed by atoms with E-state index in [2.05, 4.69) is 36.3 Å². The Balaban J connectivity index is 1.44. The van der Waals surface area contributed by atoms with Gasteiger partial charge in [-0.25, -0.2) is 0 Å². The molecule has 7 heteroatoms. The van der Waals surface area contributed by atoms with Crippen LogP contribution in [0.5, 0.6) is 0 Å². The number of hydrogen-bond donors (Lipinski definition) is 5. The average molecular weight is 412 g/mol. The van der Waals surface area contributed by atoms with Crippen LogP contribution >= 0.6 is 0 Å². The lowest BCUT2D eigenvalue weighted by molar-refractivity contribution is -0.147. The molecule has 1 aliphatic carbocycles. The molecule has 0 radical (unpaired) electrons. The molecule has 0 aromatic carbocycles. The lowest BCUT2D eigenvalue weighted by Gasteiger charge is -2.40. The third-order valence-electron chi connectivity index (χ3n) is 8.47. The summed E-state index contributed by atoms with van der Waals surface area (Å²) in [5.41, 5.74) is -1.46. The predicted octanol–water partition coefficient (Wildman–Crippen LogP) is 0.833. The first-order valence-electron chi connectivity index (χ1n) is 11.7. The summed E-state index contributed by atoms with van der Waals surface area (Å²) in [6.45, 7) is 9.90. The van der Waals surface area contributed by atoms with E-state index in [1.54, 1.807) is 6.92 Å². The van der Waals surface area contributed by atoms with Gasteiger partial charge in [0.1, 0.15) is 24.0 Å². The number of rotatable bonds is 4. The summed E-state index contributed by atoms with van der Waals surface area (Å²) in [7, 11) is 0. The molecule has 0 aromatic heterocycles. The zero-order valence-corrected chi connectivity index (χ0v) is 18.4. The molecular weight excluding hydrogens is 370 g/mol. The van der Waals surface area contributed by atoms with Gasteiger partial charge >= 0.3 is 0 Å². The van der Waals surface area contributed by atoms with Crippen molar-refractivity contribution in [1.82, 2.24) is 15.5 Å². The Morgan fingerprint density at radius 1 is 1.07 bits per heavy atom. The highest BCUT2D eigenvalue weighted by Gasteiger charge is 2.59. The number of ether oxygens (including phenoxy) is 1. The van der Waals surface area contributed by atoms with E-state index < -0.39 is 30.1 Å². The van der Waals surface area contributed by atoms with Crippen LogP contribution in [0.25, 0.3) is 0 Å². The molecule has 0 amide bonds. The molecule has 5 unspecified atom stereocenters. The van der Waals surface area contributed by atoms with Crippen molar-refractivity contribution in [3.63, 3.8) is 0 Å². The van der Waals surface area contributed by atoms with Crippen molar-refractivity contribution in [1.29, 1.82) is 0 Å². The Labute approximate surface area is 175 Å². The van der Waals surface area contributed by atoms with Gasteiger partial charge in [0.2, 0.25) is 0 Å². The van der Waals surface area contributed by atoms with Crippen molar-refractivity contribution in [2.24, 2.45) is 23.7 Å². The van der Waals surface area contributed by atoms with E-state index in [9.17, 15) is 15.3 Å². The zero-order chi connectivity index (χ0) is 20.9. The van der Waals surface area contributed by atoms with E-state index >= 15 is 0 Å². The molecule has 3 saturated heterocycles. The molecule has 0 spiro atoms. The number of fused-ring (bicyclic) bond motifs is 1. The molecule has 29 heavy (non-hydrogen) atoms. The molecule has 4 rings (SSSR count). The van der Waals surface area contributed by atoms with Crippen LogP contribution in [0.3, 0.4) is 0 Å². The van der Waals surface area contributed by atoms with Crippen LogP contribution in [0.4, 0.5) is 0 Å². The summed E-state index contributed by atoms with van der Waals surface area (Å²) >= 11 is 0. The van der Waals surface area contributed by atoms with Gasteiger partial charge in [-0.1, -0.05) is 13.8 Å². The van der Waals surface area contributed by atoms with Crippen LogP contribution in [0.2, 0.25) is 0 Å². The van der Waals surface area contributed by atoms with Crippen LogP contribution in [-0.2, 0) is 4.74 Å². The Kier molecular flexibility index (Phi) is 6.31. The second-order valence-corrected chi connectivity index (χ2v) is 10.5. The normalized spacial score (nSPS) is 50.1. The number of nitrogens with one attached hydrogen (secondary N) is 2. The summed E-state index contributed by atoms with van der Waals surface area (Å²) < 4.78 is 6.26. The maximum absolute atomic E-state index is 11.1. The first kappa shape index (κ1) is 21.9. The zero-order valence-electron chi connectivity index (χ0n) is 18.4. The van der Waals surface area contributed by atoms with Gasteiger partial charge in [-0.3, -0.25) is 10.2 Å². The second-order valence-electron chi connectivity index (χ2n) is 10.5. The van der Waals surface area contributed by atoms with Crippen LogP contribution in [0.1, 0.15) is 59.8 Å². The summed E-state index contributed by atoms with van der Waals surface area (Å²) in [6.07, 6.45) is 2.14. The minimum absolute atomic E-state index is 0.121. The molecule has 5 N–H and O–H groups in total. The summed E-state index contributed by atoms with van der Waals surface area (Å²) in [5.74, 6) is 1.96. The molecule has 1 saturated carbocycles. The third kappa shape index (κ3) is 3.88. The number of aliphatic hydroxyl groups is 3. The Morgan fingerprint density at radius 3 is 2.38 bits per heavy atom. The van der Waals surface area contributed by atoms with Gasteiger partial charge in [-0.15, -0.1) is 0 Å². The van der Waals surface area contributed by atoms with E-state index in [0.29, 0.717) is 17.9 Å². The van der Waals surface area contributed by atoms with Gasteiger partial charge in [-0.05, 0) is 63.7 Å². The SMILES string of the molecule is CC(C)C1CCC([C@@H](O)C2OC(N3CCC4C(C)NCNC43)[C@H](O)[C@]2(C)O)CC1. The van der Waals surface area contributed by atoms with Gasteiger partial charge < -0.3 is 25.4 Å². The monoisotopic (exact) mass is 411 g/mol. The Morgan fingerprint density at radius 2 is 1.72 bits per heavy atom. The van der Waals surface area contributed by atoms with Crippen LogP contribution < -0.4 is 10.6 Å². The molecule has 8 atom stereocenters. The molecule has 0 bridgehead atoms.